The van der Waals surface area contributed by atoms with E-state index in [0.29, 0.717) is 43.9 Å². The first-order valence-electron chi connectivity index (χ1n) is 9.54. The van der Waals surface area contributed by atoms with Gasteiger partial charge in [-0.05, 0) is 25.1 Å². The van der Waals surface area contributed by atoms with Gasteiger partial charge in [-0.15, -0.1) is 28.1 Å². The summed E-state index contributed by atoms with van der Waals surface area (Å²) < 4.78 is 12.3. The molecule has 0 aliphatic carbocycles. The predicted molar refractivity (Wildman–Crippen MR) is 131 cm³/mol. The maximum absolute atomic E-state index is 12.5. The van der Waals surface area contributed by atoms with Crippen molar-refractivity contribution in [3.8, 4) is 5.75 Å². The molecule has 174 valence electrons. The zero-order valence-corrected chi connectivity index (χ0v) is 20.9. The zero-order chi connectivity index (χ0) is 24.0. The standard InChI is InChI=1S/C21H20Cl2N4O4S2/c1-4-7-27-17(10-31-16-9-13(22)5-6-15(16)23)25-26-21(27)32-11-18(28)24-19-14(20(29)30-3)8-12(2)33-19/h4-6,8-9H,1,7,10-11H2,2-3H3,(H,24,28). The molecule has 1 amide bonds. The number of halogens is 2. The number of aryl methyl sites for hydroxylation is 1. The van der Waals surface area contributed by atoms with Gasteiger partial charge in [0.25, 0.3) is 0 Å². The summed E-state index contributed by atoms with van der Waals surface area (Å²) in [5.74, 6) is 0.240. The summed E-state index contributed by atoms with van der Waals surface area (Å²) in [5, 5.41) is 13.0. The molecule has 0 fully saturated rings. The number of ether oxygens (including phenoxy) is 2. The van der Waals surface area contributed by atoms with E-state index in [4.69, 9.17) is 32.7 Å². The highest BCUT2D eigenvalue weighted by atomic mass is 35.5. The molecule has 2 aromatic heterocycles. The van der Waals surface area contributed by atoms with Crippen molar-refractivity contribution in [2.24, 2.45) is 0 Å². The molecule has 0 bridgehead atoms. The van der Waals surface area contributed by atoms with Crippen molar-refractivity contribution >= 4 is 63.2 Å². The molecule has 0 saturated carbocycles. The highest BCUT2D eigenvalue weighted by Crippen LogP contribution is 2.30. The SMILES string of the molecule is C=CCn1c(COc2cc(Cl)ccc2Cl)nnc1SCC(=O)Nc1sc(C)cc1C(=O)OC. The van der Waals surface area contributed by atoms with Crippen LogP contribution in [0.2, 0.25) is 10.0 Å². The van der Waals surface area contributed by atoms with Crippen molar-refractivity contribution in [1.29, 1.82) is 0 Å². The molecule has 3 rings (SSSR count). The largest absolute Gasteiger partial charge is 0.484 e. The van der Waals surface area contributed by atoms with Crippen molar-refractivity contribution in [3.05, 3.63) is 63.2 Å². The van der Waals surface area contributed by atoms with Gasteiger partial charge in [-0.25, -0.2) is 4.79 Å². The number of carbonyl (C=O) groups is 2. The van der Waals surface area contributed by atoms with Crippen LogP contribution >= 0.6 is 46.3 Å². The van der Waals surface area contributed by atoms with Crippen LogP contribution in [0.3, 0.4) is 0 Å². The lowest BCUT2D eigenvalue weighted by atomic mass is 10.3. The number of thiophene rings is 1. The Morgan fingerprint density at radius 1 is 1.30 bits per heavy atom. The fraction of sp³-hybridized carbons (Fsp3) is 0.238. The van der Waals surface area contributed by atoms with Gasteiger partial charge in [0.15, 0.2) is 11.0 Å². The van der Waals surface area contributed by atoms with Crippen molar-refractivity contribution in [2.45, 2.75) is 25.2 Å². The van der Waals surface area contributed by atoms with Gasteiger partial charge in [0.1, 0.15) is 17.4 Å². The number of benzene rings is 1. The fourth-order valence-electron chi connectivity index (χ4n) is 2.74. The van der Waals surface area contributed by atoms with E-state index in [1.165, 1.54) is 30.2 Å². The van der Waals surface area contributed by atoms with E-state index < -0.39 is 5.97 Å². The smallest absolute Gasteiger partial charge is 0.340 e. The van der Waals surface area contributed by atoms with Crippen LogP contribution < -0.4 is 10.1 Å². The molecule has 2 heterocycles. The molecule has 0 spiro atoms. The number of allylic oxidation sites excluding steroid dienone is 1. The summed E-state index contributed by atoms with van der Waals surface area (Å²) >= 11 is 14.6. The Balaban J connectivity index is 1.66. The van der Waals surface area contributed by atoms with Crippen molar-refractivity contribution < 1.29 is 19.1 Å². The maximum atomic E-state index is 12.5. The molecule has 12 heteroatoms. The van der Waals surface area contributed by atoms with Crippen molar-refractivity contribution in [2.75, 3.05) is 18.2 Å². The van der Waals surface area contributed by atoms with E-state index >= 15 is 0 Å². The number of methoxy groups -OCH3 is 1. The fourth-order valence-corrected chi connectivity index (χ4v) is 4.75. The normalized spacial score (nSPS) is 10.7. The second kappa shape index (κ2) is 11.6. The molecule has 0 aliphatic rings. The second-order valence-electron chi connectivity index (χ2n) is 6.59. The van der Waals surface area contributed by atoms with Crippen LogP contribution in [0.15, 0.2) is 42.1 Å². The van der Waals surface area contributed by atoms with Crippen LogP contribution in [-0.4, -0.2) is 39.5 Å². The monoisotopic (exact) mass is 526 g/mol. The number of carbonyl (C=O) groups excluding carboxylic acids is 2. The molecule has 33 heavy (non-hydrogen) atoms. The van der Waals surface area contributed by atoms with E-state index in [1.807, 2.05) is 6.92 Å². The van der Waals surface area contributed by atoms with Gasteiger partial charge in [-0.1, -0.05) is 41.0 Å². The highest BCUT2D eigenvalue weighted by molar-refractivity contribution is 7.99. The number of esters is 1. The molecule has 8 nitrogen and oxygen atoms in total. The van der Waals surface area contributed by atoms with E-state index in [1.54, 1.807) is 34.9 Å². The van der Waals surface area contributed by atoms with E-state index in [9.17, 15) is 9.59 Å². The van der Waals surface area contributed by atoms with Gasteiger partial charge in [0.2, 0.25) is 5.91 Å². The number of hydrogen-bond acceptors (Lipinski definition) is 8. The summed E-state index contributed by atoms with van der Waals surface area (Å²) in [6, 6.07) is 6.61. The third kappa shape index (κ3) is 6.50. The Bertz CT molecular complexity index is 1180. The Kier molecular flexibility index (Phi) is 8.79. The first-order chi connectivity index (χ1) is 15.8. The molecule has 3 aromatic rings. The molecular weight excluding hydrogens is 507 g/mol. The first-order valence-corrected chi connectivity index (χ1v) is 12.1. The van der Waals surface area contributed by atoms with Crippen LogP contribution in [0.25, 0.3) is 0 Å². The first kappa shape index (κ1) is 25.1. The molecule has 1 N–H and O–H groups in total. The third-order valence-corrected chi connectivity index (χ3v) is 6.68. The number of aromatic nitrogens is 3. The molecule has 0 atom stereocenters. The van der Waals surface area contributed by atoms with Gasteiger partial charge in [-0.3, -0.25) is 9.36 Å². The predicted octanol–water partition coefficient (Wildman–Crippen LogP) is 5.24. The molecule has 0 radical (unpaired) electrons. The highest BCUT2D eigenvalue weighted by Gasteiger charge is 2.19. The molecule has 0 aliphatic heterocycles. The van der Waals surface area contributed by atoms with E-state index in [-0.39, 0.29) is 18.3 Å². The van der Waals surface area contributed by atoms with Gasteiger partial charge in [0, 0.05) is 22.5 Å². The number of thioether (sulfide) groups is 1. The van der Waals surface area contributed by atoms with Crippen LogP contribution in [-0.2, 0) is 22.7 Å². The Labute approximate surface area is 208 Å². The lowest BCUT2D eigenvalue weighted by Crippen LogP contribution is -2.16. The Hall–Kier alpha value is -2.53. The lowest BCUT2D eigenvalue weighted by molar-refractivity contribution is -0.113. The number of nitrogens with one attached hydrogen (secondary N) is 1. The average Bonchev–Trinajstić information content (AvgIpc) is 3.35. The van der Waals surface area contributed by atoms with Gasteiger partial charge >= 0.3 is 5.97 Å². The van der Waals surface area contributed by atoms with Gasteiger partial charge in [0.05, 0.1) is 23.4 Å². The van der Waals surface area contributed by atoms with Crippen molar-refractivity contribution in [1.82, 2.24) is 14.8 Å². The van der Waals surface area contributed by atoms with Crippen LogP contribution in [0.1, 0.15) is 21.1 Å². The summed E-state index contributed by atoms with van der Waals surface area (Å²) in [6.45, 7) is 6.14. The lowest BCUT2D eigenvalue weighted by Gasteiger charge is -2.10. The number of rotatable bonds is 10. The van der Waals surface area contributed by atoms with Crippen LogP contribution in [0.5, 0.6) is 5.75 Å². The molecule has 1 aromatic carbocycles. The molecule has 0 saturated heterocycles. The summed E-state index contributed by atoms with van der Waals surface area (Å²) in [5.41, 5.74) is 0.326. The molecular formula is C21H20Cl2N4O4S2. The Morgan fingerprint density at radius 2 is 2.09 bits per heavy atom. The van der Waals surface area contributed by atoms with Crippen LogP contribution in [0, 0.1) is 6.92 Å². The maximum Gasteiger partial charge on any atom is 0.340 e. The van der Waals surface area contributed by atoms with E-state index in [2.05, 4.69) is 22.1 Å². The van der Waals surface area contributed by atoms with Gasteiger partial charge < -0.3 is 14.8 Å². The van der Waals surface area contributed by atoms with Crippen molar-refractivity contribution in [3.63, 3.8) is 0 Å². The van der Waals surface area contributed by atoms with Gasteiger partial charge in [-0.2, -0.15) is 0 Å². The minimum absolute atomic E-state index is 0.0633. The minimum atomic E-state index is -0.502. The summed E-state index contributed by atoms with van der Waals surface area (Å²) in [7, 11) is 1.30. The topological polar surface area (TPSA) is 95.3 Å². The number of nitrogens with zero attached hydrogens (tertiary/aromatic N) is 3. The molecule has 0 unspecified atom stereocenters. The zero-order valence-electron chi connectivity index (χ0n) is 17.8. The second-order valence-corrected chi connectivity index (χ2v) is 9.63. The Morgan fingerprint density at radius 3 is 2.82 bits per heavy atom. The third-order valence-electron chi connectivity index (χ3n) is 4.20. The number of anilines is 1. The van der Waals surface area contributed by atoms with E-state index in [0.717, 1.165) is 4.88 Å². The summed E-state index contributed by atoms with van der Waals surface area (Å²) in [6.07, 6.45) is 1.69. The quantitative estimate of drug-likeness (QED) is 0.219. The average molecular weight is 527 g/mol. The summed E-state index contributed by atoms with van der Waals surface area (Å²) in [4.78, 5) is 25.3. The minimum Gasteiger partial charge on any atom is -0.484 e. The number of amides is 1. The van der Waals surface area contributed by atoms with Crippen LogP contribution in [0.4, 0.5) is 5.00 Å². The number of hydrogen-bond donors (Lipinski definition) is 1.